The maximum Gasteiger partial charge on any atom is 0.135 e. The lowest BCUT2D eigenvalue weighted by molar-refractivity contribution is 0.0991. The van der Waals surface area contributed by atoms with Crippen molar-refractivity contribution >= 4 is 0 Å². The van der Waals surface area contributed by atoms with Crippen LogP contribution in [0.3, 0.4) is 0 Å². The molecule has 1 N–H and O–H groups in total. The summed E-state index contributed by atoms with van der Waals surface area (Å²) in [6.07, 6.45) is -0.152. The smallest absolute Gasteiger partial charge is 0.135 e. The molecule has 0 aliphatic carbocycles. The first-order chi connectivity index (χ1) is 11.0. The fourth-order valence-electron chi connectivity index (χ4n) is 2.92. The summed E-state index contributed by atoms with van der Waals surface area (Å²) in [7, 11) is 3.36. The summed E-state index contributed by atoms with van der Waals surface area (Å²) < 4.78 is 16.9. The first kappa shape index (κ1) is 15.8. The quantitative estimate of drug-likeness (QED) is 0.933. The zero-order chi connectivity index (χ0) is 16.4. The van der Waals surface area contributed by atoms with E-state index in [0.717, 1.165) is 28.2 Å². The van der Waals surface area contributed by atoms with E-state index in [0.29, 0.717) is 6.61 Å². The van der Waals surface area contributed by atoms with Crippen molar-refractivity contribution < 1.29 is 14.2 Å². The molecule has 0 amide bonds. The normalized spacial score (nSPS) is 19.6. The maximum atomic E-state index is 5.97. The van der Waals surface area contributed by atoms with Crippen LogP contribution in [0.4, 0.5) is 0 Å². The molecule has 1 saturated heterocycles. The van der Waals surface area contributed by atoms with Gasteiger partial charge in [-0.1, -0.05) is 24.3 Å². The fourth-order valence-corrected chi connectivity index (χ4v) is 2.92. The van der Waals surface area contributed by atoms with E-state index in [4.69, 9.17) is 14.2 Å². The van der Waals surface area contributed by atoms with Gasteiger partial charge in [0.05, 0.1) is 20.8 Å². The SMILES string of the molecule is COc1cccc(-c2c(OC)cccc2C2NC(C)(C)CO2)c1. The van der Waals surface area contributed by atoms with Crippen LogP contribution in [0.15, 0.2) is 42.5 Å². The summed E-state index contributed by atoms with van der Waals surface area (Å²) in [4.78, 5) is 0. The summed E-state index contributed by atoms with van der Waals surface area (Å²) in [5.41, 5.74) is 3.11. The minimum absolute atomic E-state index is 0.0423. The van der Waals surface area contributed by atoms with Crippen LogP contribution in [-0.2, 0) is 4.74 Å². The van der Waals surface area contributed by atoms with E-state index in [1.165, 1.54) is 0 Å². The first-order valence-corrected chi connectivity index (χ1v) is 7.75. The molecule has 0 spiro atoms. The molecule has 1 atom stereocenters. The van der Waals surface area contributed by atoms with Crippen LogP contribution in [0.5, 0.6) is 11.5 Å². The van der Waals surface area contributed by atoms with Crippen LogP contribution >= 0.6 is 0 Å². The van der Waals surface area contributed by atoms with Crippen molar-refractivity contribution in [3.63, 3.8) is 0 Å². The van der Waals surface area contributed by atoms with E-state index in [1.807, 2.05) is 30.3 Å². The molecule has 1 aliphatic heterocycles. The first-order valence-electron chi connectivity index (χ1n) is 7.75. The second-order valence-electron chi connectivity index (χ2n) is 6.38. The Labute approximate surface area is 137 Å². The van der Waals surface area contributed by atoms with Crippen molar-refractivity contribution in [2.24, 2.45) is 0 Å². The Kier molecular flexibility index (Phi) is 4.28. The van der Waals surface area contributed by atoms with Gasteiger partial charge in [0.1, 0.15) is 17.7 Å². The Morgan fingerprint density at radius 2 is 1.87 bits per heavy atom. The van der Waals surface area contributed by atoms with Crippen molar-refractivity contribution in [3.05, 3.63) is 48.0 Å². The van der Waals surface area contributed by atoms with Gasteiger partial charge < -0.3 is 14.2 Å². The predicted molar refractivity (Wildman–Crippen MR) is 90.9 cm³/mol. The van der Waals surface area contributed by atoms with Gasteiger partial charge in [-0.25, -0.2) is 0 Å². The van der Waals surface area contributed by atoms with E-state index >= 15 is 0 Å². The van der Waals surface area contributed by atoms with Crippen LogP contribution in [0, 0.1) is 0 Å². The van der Waals surface area contributed by atoms with E-state index in [2.05, 4.69) is 31.3 Å². The van der Waals surface area contributed by atoms with Crippen molar-refractivity contribution in [1.82, 2.24) is 5.32 Å². The predicted octanol–water partition coefficient (Wildman–Crippen LogP) is 3.77. The summed E-state index contributed by atoms with van der Waals surface area (Å²) in [5.74, 6) is 1.64. The average Bonchev–Trinajstić information content (AvgIpc) is 2.94. The van der Waals surface area contributed by atoms with Gasteiger partial charge >= 0.3 is 0 Å². The molecule has 4 nitrogen and oxygen atoms in total. The van der Waals surface area contributed by atoms with Crippen molar-refractivity contribution in [3.8, 4) is 22.6 Å². The summed E-state index contributed by atoms with van der Waals surface area (Å²) >= 11 is 0. The second kappa shape index (κ2) is 6.22. The lowest BCUT2D eigenvalue weighted by Gasteiger charge is -2.21. The van der Waals surface area contributed by atoms with Crippen LogP contribution < -0.4 is 14.8 Å². The summed E-state index contributed by atoms with van der Waals surface area (Å²) in [5, 5.41) is 3.53. The van der Waals surface area contributed by atoms with Gasteiger partial charge in [0.25, 0.3) is 0 Å². The average molecular weight is 313 g/mol. The third-order valence-corrected chi connectivity index (χ3v) is 4.05. The third kappa shape index (κ3) is 3.19. The largest absolute Gasteiger partial charge is 0.497 e. The second-order valence-corrected chi connectivity index (χ2v) is 6.38. The fraction of sp³-hybridized carbons (Fsp3) is 0.368. The minimum Gasteiger partial charge on any atom is -0.497 e. The van der Waals surface area contributed by atoms with Gasteiger partial charge in [0.15, 0.2) is 0 Å². The lowest BCUT2D eigenvalue weighted by Crippen LogP contribution is -2.36. The Bertz CT molecular complexity index is 697. The highest BCUT2D eigenvalue weighted by molar-refractivity contribution is 5.75. The molecule has 0 radical (unpaired) electrons. The van der Waals surface area contributed by atoms with Crippen LogP contribution in [0.1, 0.15) is 25.6 Å². The highest BCUT2D eigenvalue weighted by atomic mass is 16.5. The van der Waals surface area contributed by atoms with E-state index in [1.54, 1.807) is 14.2 Å². The monoisotopic (exact) mass is 313 g/mol. The molecule has 0 bridgehead atoms. The molecule has 1 aliphatic rings. The third-order valence-electron chi connectivity index (χ3n) is 4.05. The summed E-state index contributed by atoms with van der Waals surface area (Å²) in [6, 6.07) is 14.0. The topological polar surface area (TPSA) is 39.7 Å². The molecule has 2 aromatic rings. The van der Waals surface area contributed by atoms with Crippen molar-refractivity contribution in [2.75, 3.05) is 20.8 Å². The lowest BCUT2D eigenvalue weighted by atomic mass is 9.96. The molecule has 1 heterocycles. The van der Waals surface area contributed by atoms with Gasteiger partial charge in [0, 0.05) is 16.7 Å². The standard InChI is InChI=1S/C19H23NO3/c1-19(2)12-23-18(20-19)15-9-6-10-16(22-4)17(15)13-7-5-8-14(11-13)21-3/h5-11,18,20H,12H2,1-4H3. The molecule has 2 aromatic carbocycles. The molecule has 23 heavy (non-hydrogen) atoms. The summed E-state index contributed by atoms with van der Waals surface area (Å²) in [6.45, 7) is 4.95. The Balaban J connectivity index is 2.10. The van der Waals surface area contributed by atoms with Gasteiger partial charge in [-0.2, -0.15) is 0 Å². The van der Waals surface area contributed by atoms with E-state index in [-0.39, 0.29) is 11.8 Å². The Hall–Kier alpha value is -2.04. The Morgan fingerprint density at radius 3 is 2.52 bits per heavy atom. The minimum atomic E-state index is -0.152. The number of rotatable bonds is 4. The van der Waals surface area contributed by atoms with Crippen LogP contribution in [0.25, 0.3) is 11.1 Å². The molecule has 1 unspecified atom stereocenters. The van der Waals surface area contributed by atoms with Crippen molar-refractivity contribution in [2.45, 2.75) is 25.6 Å². The number of nitrogens with one attached hydrogen (secondary N) is 1. The van der Waals surface area contributed by atoms with Crippen LogP contribution in [-0.4, -0.2) is 26.4 Å². The van der Waals surface area contributed by atoms with Crippen molar-refractivity contribution in [1.29, 1.82) is 0 Å². The number of hydrogen-bond acceptors (Lipinski definition) is 4. The van der Waals surface area contributed by atoms with E-state index in [9.17, 15) is 0 Å². The van der Waals surface area contributed by atoms with Crippen LogP contribution in [0.2, 0.25) is 0 Å². The number of benzene rings is 2. The number of methoxy groups -OCH3 is 2. The highest BCUT2D eigenvalue weighted by Crippen LogP contribution is 2.40. The van der Waals surface area contributed by atoms with E-state index < -0.39 is 0 Å². The molecule has 4 heteroatoms. The molecular formula is C19H23NO3. The zero-order valence-electron chi connectivity index (χ0n) is 14.1. The molecular weight excluding hydrogens is 290 g/mol. The molecule has 0 saturated carbocycles. The molecule has 122 valence electrons. The highest BCUT2D eigenvalue weighted by Gasteiger charge is 2.33. The zero-order valence-corrected chi connectivity index (χ0v) is 14.1. The molecule has 3 rings (SSSR count). The van der Waals surface area contributed by atoms with Gasteiger partial charge in [-0.3, -0.25) is 5.32 Å². The number of ether oxygens (including phenoxy) is 3. The maximum absolute atomic E-state index is 5.97. The Morgan fingerprint density at radius 1 is 1.09 bits per heavy atom. The van der Waals surface area contributed by atoms with Gasteiger partial charge in [-0.05, 0) is 37.6 Å². The van der Waals surface area contributed by atoms with Gasteiger partial charge in [0.2, 0.25) is 0 Å². The van der Waals surface area contributed by atoms with Gasteiger partial charge in [-0.15, -0.1) is 0 Å². The molecule has 1 fully saturated rings. The molecule has 0 aromatic heterocycles. The number of hydrogen-bond donors (Lipinski definition) is 1.